The van der Waals surface area contributed by atoms with Crippen molar-refractivity contribution in [3.63, 3.8) is 0 Å². The molecule has 30 heavy (non-hydrogen) atoms. The van der Waals surface area contributed by atoms with E-state index in [0.29, 0.717) is 16.2 Å². The summed E-state index contributed by atoms with van der Waals surface area (Å²) in [7, 11) is 0. The number of carboxylic acid groups (broad SMARTS) is 1. The van der Waals surface area contributed by atoms with Crippen LogP contribution in [-0.4, -0.2) is 31.7 Å². The molecule has 0 aliphatic carbocycles. The van der Waals surface area contributed by atoms with Crippen LogP contribution in [-0.2, 0) is 5.41 Å². The highest BCUT2D eigenvalue weighted by Gasteiger charge is 2.27. The molecule has 4 rings (SSSR count). The first-order valence-corrected chi connectivity index (χ1v) is 9.31. The molecule has 0 atom stereocenters. The van der Waals surface area contributed by atoms with Crippen molar-refractivity contribution in [1.29, 1.82) is 0 Å². The first kappa shape index (κ1) is 19.4. The zero-order chi connectivity index (χ0) is 21.5. The van der Waals surface area contributed by atoms with E-state index in [1.807, 2.05) is 12.1 Å². The minimum Gasteiger partial charge on any atom is -0.472 e. The van der Waals surface area contributed by atoms with Crippen LogP contribution < -0.4 is 4.90 Å². The van der Waals surface area contributed by atoms with Crippen molar-refractivity contribution in [2.75, 3.05) is 4.90 Å². The third-order valence-corrected chi connectivity index (χ3v) is 4.75. The molecule has 0 unspecified atom stereocenters. The lowest BCUT2D eigenvalue weighted by atomic mass is 9.86. The zero-order valence-electron chi connectivity index (χ0n) is 16.7. The summed E-state index contributed by atoms with van der Waals surface area (Å²) in [5.74, 6) is -0.703. The Bertz CT molecular complexity index is 1220. The Morgan fingerprint density at radius 2 is 1.80 bits per heavy atom. The highest BCUT2D eigenvalue weighted by atomic mass is 16.4. The van der Waals surface area contributed by atoms with E-state index in [4.69, 9.17) is 4.42 Å². The van der Waals surface area contributed by atoms with Crippen LogP contribution in [0.2, 0.25) is 0 Å². The van der Waals surface area contributed by atoms with E-state index in [1.54, 1.807) is 36.6 Å². The summed E-state index contributed by atoms with van der Waals surface area (Å²) in [5.41, 5.74) is 3.05. The number of anilines is 1. The fourth-order valence-electron chi connectivity index (χ4n) is 3.07. The van der Waals surface area contributed by atoms with Crippen molar-refractivity contribution in [2.45, 2.75) is 26.2 Å². The lowest BCUT2D eigenvalue weighted by molar-refractivity contribution is 0.0982. The van der Waals surface area contributed by atoms with Gasteiger partial charge in [-0.15, -0.1) is 0 Å². The minimum atomic E-state index is -1.42. The van der Waals surface area contributed by atoms with Gasteiger partial charge in [0, 0.05) is 11.1 Å². The van der Waals surface area contributed by atoms with Gasteiger partial charge in [0.1, 0.15) is 0 Å². The molecule has 0 aliphatic rings. The van der Waals surface area contributed by atoms with Crippen molar-refractivity contribution in [2.24, 2.45) is 0 Å². The van der Waals surface area contributed by atoms with Gasteiger partial charge in [-0.25, -0.2) is 14.3 Å². The molecular formula is C22H20N4O4. The highest BCUT2D eigenvalue weighted by molar-refractivity contribution is 6.18. The molecule has 2 amide bonds. The number of amides is 2. The van der Waals surface area contributed by atoms with Crippen LogP contribution >= 0.6 is 0 Å². The Kier molecular flexibility index (Phi) is 4.62. The van der Waals surface area contributed by atoms with Crippen molar-refractivity contribution in [3.8, 4) is 11.3 Å². The Balaban J connectivity index is 1.69. The smallest absolute Gasteiger partial charge is 0.420 e. The molecule has 0 saturated carbocycles. The van der Waals surface area contributed by atoms with Gasteiger partial charge in [-0.05, 0) is 41.3 Å². The molecule has 0 bridgehead atoms. The van der Waals surface area contributed by atoms with Gasteiger partial charge in [-0.3, -0.25) is 4.79 Å². The first-order valence-electron chi connectivity index (χ1n) is 9.31. The number of aromatic nitrogens is 3. The zero-order valence-corrected chi connectivity index (χ0v) is 16.7. The maximum absolute atomic E-state index is 12.9. The number of hydrogen-bond donors (Lipinski definition) is 1. The molecule has 8 nitrogen and oxygen atoms in total. The molecule has 3 heterocycles. The molecule has 0 fully saturated rings. The van der Waals surface area contributed by atoms with Crippen LogP contribution in [0.15, 0.2) is 65.6 Å². The molecular weight excluding hydrogens is 384 g/mol. The maximum Gasteiger partial charge on any atom is 0.420 e. The van der Waals surface area contributed by atoms with Gasteiger partial charge in [0.2, 0.25) is 0 Å². The number of imide groups is 1. The number of nitrogens with zero attached hydrogens (tertiary/aromatic N) is 4. The van der Waals surface area contributed by atoms with E-state index in [9.17, 15) is 14.7 Å². The van der Waals surface area contributed by atoms with Gasteiger partial charge in [-0.1, -0.05) is 32.9 Å². The van der Waals surface area contributed by atoms with E-state index < -0.39 is 12.0 Å². The monoisotopic (exact) mass is 404 g/mol. The Labute approximate surface area is 172 Å². The molecule has 0 radical (unpaired) electrons. The fraction of sp³-hybridized carbons (Fsp3) is 0.182. The average Bonchev–Trinajstić information content (AvgIpc) is 3.36. The van der Waals surface area contributed by atoms with Gasteiger partial charge in [0.15, 0.2) is 11.5 Å². The second kappa shape index (κ2) is 7.14. The van der Waals surface area contributed by atoms with Crippen LogP contribution in [0, 0.1) is 0 Å². The van der Waals surface area contributed by atoms with Crippen molar-refractivity contribution >= 4 is 23.5 Å². The number of imidazole rings is 1. The van der Waals surface area contributed by atoms with Gasteiger partial charge in [0.05, 0.1) is 24.4 Å². The molecule has 4 aromatic rings. The average molecular weight is 404 g/mol. The van der Waals surface area contributed by atoms with Crippen LogP contribution in [0.4, 0.5) is 10.6 Å². The molecule has 152 valence electrons. The summed E-state index contributed by atoms with van der Waals surface area (Å²) < 4.78 is 6.50. The lowest BCUT2D eigenvalue weighted by Crippen LogP contribution is -2.36. The summed E-state index contributed by atoms with van der Waals surface area (Å²) in [5, 5.41) is 14.1. The van der Waals surface area contributed by atoms with Gasteiger partial charge >= 0.3 is 6.09 Å². The highest BCUT2D eigenvalue weighted by Crippen LogP contribution is 2.24. The minimum absolute atomic E-state index is 0.0239. The van der Waals surface area contributed by atoms with Crippen LogP contribution in [0.5, 0.6) is 0 Å². The standard InChI is InChI=1S/C22H20N4O4/c1-22(2,3)16-6-4-14(5-7-16)20(27)26(21(28)29)19-12-25-18(23-19)9-8-17(24-25)15-10-11-30-13-15/h4-13H,1-3H3,(H,28,29). The molecule has 0 aliphatic heterocycles. The summed E-state index contributed by atoms with van der Waals surface area (Å²) in [6, 6.07) is 12.1. The third-order valence-electron chi connectivity index (χ3n) is 4.75. The number of hydrogen-bond acceptors (Lipinski definition) is 5. The van der Waals surface area contributed by atoms with Gasteiger partial charge in [0.25, 0.3) is 5.91 Å². The topological polar surface area (TPSA) is 101 Å². The van der Waals surface area contributed by atoms with E-state index in [1.165, 1.54) is 17.0 Å². The Morgan fingerprint density at radius 1 is 1.07 bits per heavy atom. The Morgan fingerprint density at radius 3 is 2.40 bits per heavy atom. The summed E-state index contributed by atoms with van der Waals surface area (Å²) in [6.07, 6.45) is 3.09. The normalized spacial score (nSPS) is 11.6. The number of rotatable bonds is 3. The summed E-state index contributed by atoms with van der Waals surface area (Å²) in [6.45, 7) is 6.19. The van der Waals surface area contributed by atoms with Crippen molar-refractivity contribution in [3.05, 3.63) is 72.3 Å². The van der Waals surface area contributed by atoms with Gasteiger partial charge < -0.3 is 9.52 Å². The third kappa shape index (κ3) is 3.55. The van der Waals surface area contributed by atoms with Crippen LogP contribution in [0.1, 0.15) is 36.7 Å². The predicted molar refractivity (Wildman–Crippen MR) is 111 cm³/mol. The number of fused-ring (bicyclic) bond motifs is 1. The molecule has 1 aromatic carbocycles. The van der Waals surface area contributed by atoms with Gasteiger partial charge in [-0.2, -0.15) is 10.00 Å². The lowest BCUT2D eigenvalue weighted by Gasteiger charge is -2.20. The van der Waals surface area contributed by atoms with Crippen molar-refractivity contribution < 1.29 is 19.1 Å². The number of furan rings is 1. The van der Waals surface area contributed by atoms with Crippen LogP contribution in [0.3, 0.4) is 0 Å². The maximum atomic E-state index is 12.9. The second-order valence-corrected chi connectivity index (χ2v) is 7.88. The molecule has 3 aromatic heterocycles. The number of carbonyl (C=O) groups excluding carboxylic acids is 1. The first-order chi connectivity index (χ1) is 14.2. The Hall–Kier alpha value is -3.94. The second-order valence-electron chi connectivity index (χ2n) is 7.88. The summed E-state index contributed by atoms with van der Waals surface area (Å²) in [4.78, 5) is 29.7. The van der Waals surface area contributed by atoms with E-state index in [-0.39, 0.29) is 16.8 Å². The number of benzene rings is 1. The SMILES string of the molecule is CC(C)(C)c1ccc(C(=O)N(C(=O)O)c2cn3nc(-c4ccoc4)ccc3n2)cc1. The largest absolute Gasteiger partial charge is 0.472 e. The van der Waals surface area contributed by atoms with E-state index in [2.05, 4.69) is 30.9 Å². The summed E-state index contributed by atoms with van der Waals surface area (Å²) >= 11 is 0. The van der Waals surface area contributed by atoms with E-state index in [0.717, 1.165) is 11.1 Å². The molecule has 0 spiro atoms. The molecule has 0 saturated heterocycles. The number of carbonyl (C=O) groups is 2. The predicted octanol–water partition coefficient (Wildman–Crippen LogP) is 4.61. The molecule has 8 heteroatoms. The fourth-order valence-corrected chi connectivity index (χ4v) is 3.07. The van der Waals surface area contributed by atoms with E-state index >= 15 is 0 Å². The quantitative estimate of drug-likeness (QED) is 0.535. The van der Waals surface area contributed by atoms with Crippen LogP contribution in [0.25, 0.3) is 16.9 Å². The van der Waals surface area contributed by atoms with Crippen molar-refractivity contribution in [1.82, 2.24) is 14.6 Å². The molecule has 1 N–H and O–H groups in total.